The molecule has 1 amide bonds. The maximum absolute atomic E-state index is 11.9. The van der Waals surface area contributed by atoms with Gasteiger partial charge in [0.2, 0.25) is 0 Å². The summed E-state index contributed by atoms with van der Waals surface area (Å²) < 4.78 is 8.20. The number of para-hydroxylation sites is 1. The van der Waals surface area contributed by atoms with Crippen molar-refractivity contribution < 1.29 is 9.53 Å². The van der Waals surface area contributed by atoms with Crippen LogP contribution in [0.4, 0.5) is 5.69 Å². The van der Waals surface area contributed by atoms with Gasteiger partial charge in [-0.05, 0) is 68.6 Å². The molecule has 0 spiro atoms. The highest BCUT2D eigenvalue weighted by Crippen LogP contribution is 2.32. The molecule has 2 rings (SSSR count). The summed E-state index contributed by atoms with van der Waals surface area (Å²) >= 11 is 10.2. The number of carbonyl (C=O) groups excluding carboxylic acids is 1. The summed E-state index contributed by atoms with van der Waals surface area (Å²) in [5.41, 5.74) is 1.67. The predicted molar refractivity (Wildman–Crippen MR) is 94.8 cm³/mol. The number of carbonyl (C=O) groups is 1. The van der Waals surface area contributed by atoms with Gasteiger partial charge in [0.15, 0.2) is 6.61 Å². The fraction of sp³-hybridized carbons (Fsp3) is 0.133. The minimum absolute atomic E-state index is 0.0532. The van der Waals surface area contributed by atoms with Gasteiger partial charge in [-0.3, -0.25) is 4.79 Å². The molecule has 0 bridgehead atoms. The topological polar surface area (TPSA) is 38.3 Å². The van der Waals surface area contributed by atoms with Gasteiger partial charge < -0.3 is 10.1 Å². The number of aryl methyl sites for hydroxylation is 1. The largest absolute Gasteiger partial charge is 0.482 e. The Balaban J connectivity index is 2.01. The van der Waals surface area contributed by atoms with Crippen molar-refractivity contribution in [3.63, 3.8) is 0 Å². The number of amides is 1. The Bertz CT molecular complexity index is 651. The molecule has 1 N–H and O–H groups in total. The second kappa shape index (κ2) is 7.42. The van der Waals surface area contributed by atoms with Gasteiger partial charge in [-0.15, -0.1) is 0 Å². The van der Waals surface area contributed by atoms with Crippen LogP contribution in [0.2, 0.25) is 0 Å². The summed E-state index contributed by atoms with van der Waals surface area (Å²) in [6, 6.07) is 11.3. The molecule has 2 aromatic rings. The van der Waals surface area contributed by atoms with Crippen LogP contribution in [-0.2, 0) is 4.79 Å². The van der Waals surface area contributed by atoms with Crippen LogP contribution in [0.5, 0.6) is 5.75 Å². The Morgan fingerprint density at radius 3 is 2.52 bits per heavy atom. The zero-order chi connectivity index (χ0) is 15.4. The van der Waals surface area contributed by atoms with Crippen LogP contribution in [0.15, 0.2) is 49.8 Å². The quantitative estimate of drug-likeness (QED) is 0.649. The highest BCUT2D eigenvalue weighted by molar-refractivity contribution is 9.11. The summed E-state index contributed by atoms with van der Waals surface area (Å²) in [5.74, 6) is 0.455. The number of hydrogen-bond donors (Lipinski definition) is 1. The van der Waals surface area contributed by atoms with Crippen LogP contribution < -0.4 is 10.1 Å². The Morgan fingerprint density at radius 2 is 1.86 bits per heavy atom. The summed E-state index contributed by atoms with van der Waals surface area (Å²) in [4.78, 5) is 11.9. The maximum Gasteiger partial charge on any atom is 0.262 e. The van der Waals surface area contributed by atoms with E-state index in [-0.39, 0.29) is 12.5 Å². The summed E-state index contributed by atoms with van der Waals surface area (Å²) in [6.07, 6.45) is 0. The first kappa shape index (κ1) is 16.5. The molecule has 2 aromatic carbocycles. The molecule has 0 aliphatic carbocycles. The molecular formula is C15H12Br3NO2. The zero-order valence-corrected chi connectivity index (χ0v) is 15.9. The lowest BCUT2D eigenvalue weighted by molar-refractivity contribution is -0.118. The minimum Gasteiger partial charge on any atom is -0.482 e. The fourth-order valence-corrected chi connectivity index (χ4v) is 3.70. The fourth-order valence-electron chi connectivity index (χ4n) is 1.76. The van der Waals surface area contributed by atoms with Crippen molar-refractivity contribution in [2.24, 2.45) is 0 Å². The number of benzene rings is 2. The van der Waals surface area contributed by atoms with Crippen molar-refractivity contribution in [2.75, 3.05) is 11.9 Å². The van der Waals surface area contributed by atoms with Gasteiger partial charge in [0.1, 0.15) is 5.75 Å². The third-order valence-electron chi connectivity index (χ3n) is 2.69. The van der Waals surface area contributed by atoms with Gasteiger partial charge in [-0.25, -0.2) is 0 Å². The molecule has 0 aliphatic heterocycles. The third-order valence-corrected chi connectivity index (χ3v) is 4.43. The molecular weight excluding hydrogens is 466 g/mol. The van der Waals surface area contributed by atoms with Crippen molar-refractivity contribution in [1.29, 1.82) is 0 Å². The van der Waals surface area contributed by atoms with Crippen LogP contribution in [0.25, 0.3) is 0 Å². The molecule has 110 valence electrons. The SMILES string of the molecule is Cc1cc(Br)cc(Br)c1OCC(=O)Nc1ccccc1Br. The standard InChI is InChI=1S/C15H12Br3NO2/c1-9-6-10(16)7-12(18)15(9)21-8-14(20)19-13-5-3-2-4-11(13)17/h2-7H,8H2,1H3,(H,19,20). The summed E-state index contributed by atoms with van der Waals surface area (Å²) in [7, 11) is 0. The monoisotopic (exact) mass is 475 g/mol. The van der Waals surface area contributed by atoms with Gasteiger partial charge in [0.25, 0.3) is 5.91 Å². The first-order valence-electron chi connectivity index (χ1n) is 6.10. The van der Waals surface area contributed by atoms with Crippen molar-refractivity contribution in [2.45, 2.75) is 6.92 Å². The van der Waals surface area contributed by atoms with Crippen LogP contribution >= 0.6 is 47.8 Å². The predicted octanol–water partition coefficient (Wildman–Crippen LogP) is 5.30. The molecule has 0 aromatic heterocycles. The normalized spacial score (nSPS) is 10.3. The molecule has 0 saturated heterocycles. The van der Waals surface area contributed by atoms with Gasteiger partial charge in [0.05, 0.1) is 10.2 Å². The highest BCUT2D eigenvalue weighted by atomic mass is 79.9. The lowest BCUT2D eigenvalue weighted by Gasteiger charge is -2.12. The molecule has 0 saturated carbocycles. The number of ether oxygens (including phenoxy) is 1. The van der Waals surface area contributed by atoms with Gasteiger partial charge in [-0.2, -0.15) is 0 Å². The van der Waals surface area contributed by atoms with Crippen molar-refractivity contribution in [3.05, 3.63) is 55.4 Å². The lowest BCUT2D eigenvalue weighted by Crippen LogP contribution is -2.20. The zero-order valence-electron chi connectivity index (χ0n) is 11.1. The van der Waals surface area contributed by atoms with Gasteiger partial charge in [-0.1, -0.05) is 28.1 Å². The second-order valence-electron chi connectivity index (χ2n) is 4.35. The van der Waals surface area contributed by atoms with Crippen LogP contribution in [0.3, 0.4) is 0 Å². The number of hydrogen-bond acceptors (Lipinski definition) is 2. The molecule has 3 nitrogen and oxygen atoms in total. The van der Waals surface area contributed by atoms with Gasteiger partial charge >= 0.3 is 0 Å². The summed E-state index contributed by atoms with van der Waals surface area (Å²) in [5, 5.41) is 2.80. The van der Waals surface area contributed by atoms with E-state index in [9.17, 15) is 4.79 Å². The first-order valence-corrected chi connectivity index (χ1v) is 8.48. The Labute approximate surface area is 148 Å². The van der Waals surface area contributed by atoms with E-state index >= 15 is 0 Å². The molecule has 6 heteroatoms. The molecule has 21 heavy (non-hydrogen) atoms. The Hall–Kier alpha value is -0.850. The van der Waals surface area contributed by atoms with Gasteiger partial charge in [0, 0.05) is 8.95 Å². The number of nitrogens with one attached hydrogen (secondary N) is 1. The average Bonchev–Trinajstić information content (AvgIpc) is 2.40. The molecule has 0 radical (unpaired) electrons. The van der Waals surface area contributed by atoms with Crippen LogP contribution in [0, 0.1) is 6.92 Å². The minimum atomic E-state index is -0.212. The van der Waals surface area contributed by atoms with Crippen molar-refractivity contribution in [3.8, 4) is 5.75 Å². The Kier molecular flexibility index (Phi) is 5.84. The second-order valence-corrected chi connectivity index (χ2v) is 6.97. The van der Waals surface area contributed by atoms with E-state index in [1.807, 2.05) is 43.3 Å². The molecule has 0 aliphatic rings. The van der Waals surface area contributed by atoms with E-state index in [1.165, 1.54) is 0 Å². The molecule has 0 heterocycles. The molecule has 0 atom stereocenters. The Morgan fingerprint density at radius 1 is 1.14 bits per heavy atom. The highest BCUT2D eigenvalue weighted by Gasteiger charge is 2.10. The third kappa shape index (κ3) is 4.56. The first-order chi connectivity index (χ1) is 9.97. The smallest absolute Gasteiger partial charge is 0.262 e. The maximum atomic E-state index is 11.9. The van der Waals surface area contributed by atoms with Crippen molar-refractivity contribution >= 4 is 59.4 Å². The molecule has 0 unspecified atom stereocenters. The lowest BCUT2D eigenvalue weighted by atomic mass is 10.2. The van der Waals surface area contributed by atoms with E-state index in [2.05, 4.69) is 53.1 Å². The van der Waals surface area contributed by atoms with E-state index in [0.717, 1.165) is 24.7 Å². The number of rotatable bonds is 4. The average molecular weight is 478 g/mol. The van der Waals surface area contributed by atoms with E-state index in [4.69, 9.17) is 4.74 Å². The van der Waals surface area contributed by atoms with E-state index in [0.29, 0.717) is 5.75 Å². The molecule has 0 fully saturated rings. The summed E-state index contributed by atoms with van der Waals surface area (Å²) in [6.45, 7) is 1.87. The van der Waals surface area contributed by atoms with Crippen molar-refractivity contribution in [1.82, 2.24) is 0 Å². The van der Waals surface area contributed by atoms with E-state index in [1.54, 1.807) is 0 Å². The van der Waals surface area contributed by atoms with Crippen LogP contribution in [0.1, 0.15) is 5.56 Å². The van der Waals surface area contributed by atoms with E-state index < -0.39 is 0 Å². The number of halogens is 3. The number of anilines is 1. The van der Waals surface area contributed by atoms with Crippen LogP contribution in [-0.4, -0.2) is 12.5 Å².